The number of likely N-dealkylation sites (tertiary alicyclic amines) is 1. The van der Waals surface area contributed by atoms with Crippen LogP contribution in [0.4, 0.5) is 0 Å². The first-order valence-corrected chi connectivity index (χ1v) is 8.20. The van der Waals surface area contributed by atoms with Gasteiger partial charge in [0.05, 0.1) is 12.2 Å². The monoisotopic (exact) mass is 301 g/mol. The largest absolute Gasteiger partial charge is 0.350 e. The molecule has 0 radical (unpaired) electrons. The van der Waals surface area contributed by atoms with Gasteiger partial charge < -0.3 is 10.2 Å². The van der Waals surface area contributed by atoms with Gasteiger partial charge in [-0.2, -0.15) is 0 Å². The summed E-state index contributed by atoms with van der Waals surface area (Å²) >= 11 is 0. The molecule has 0 aromatic carbocycles. The second kappa shape index (κ2) is 6.46. The SMILES string of the molecule is O=C(NCc1ccccn1)C1(C(=O)N2CCCCCC2)CC1. The van der Waals surface area contributed by atoms with Gasteiger partial charge in [-0.1, -0.05) is 18.9 Å². The van der Waals surface area contributed by atoms with Crippen molar-refractivity contribution in [2.24, 2.45) is 5.41 Å². The summed E-state index contributed by atoms with van der Waals surface area (Å²) in [5.41, 5.74) is 0.0212. The number of aromatic nitrogens is 1. The summed E-state index contributed by atoms with van der Waals surface area (Å²) in [7, 11) is 0. The summed E-state index contributed by atoms with van der Waals surface area (Å²) < 4.78 is 0. The van der Waals surface area contributed by atoms with Gasteiger partial charge in [0.2, 0.25) is 11.8 Å². The van der Waals surface area contributed by atoms with Gasteiger partial charge in [-0.15, -0.1) is 0 Å². The van der Waals surface area contributed by atoms with Crippen molar-refractivity contribution >= 4 is 11.8 Å². The normalized spacial score (nSPS) is 20.1. The molecule has 0 unspecified atom stereocenters. The average molecular weight is 301 g/mol. The van der Waals surface area contributed by atoms with E-state index in [4.69, 9.17) is 0 Å². The molecule has 1 saturated carbocycles. The van der Waals surface area contributed by atoms with E-state index in [1.165, 1.54) is 12.8 Å². The molecule has 2 amide bonds. The molecule has 118 valence electrons. The Hall–Kier alpha value is -1.91. The summed E-state index contributed by atoms with van der Waals surface area (Å²) in [5.74, 6) is -0.0969. The van der Waals surface area contributed by atoms with Crippen molar-refractivity contribution in [1.82, 2.24) is 15.2 Å². The zero-order valence-corrected chi connectivity index (χ0v) is 12.9. The van der Waals surface area contributed by atoms with Crippen molar-refractivity contribution in [2.45, 2.75) is 45.1 Å². The lowest BCUT2D eigenvalue weighted by Crippen LogP contribution is -2.45. The summed E-state index contributed by atoms with van der Waals surface area (Å²) in [6.07, 6.45) is 7.53. The second-order valence-electron chi connectivity index (χ2n) is 6.29. The van der Waals surface area contributed by atoms with Crippen LogP contribution in [0.5, 0.6) is 0 Å². The van der Waals surface area contributed by atoms with E-state index in [1.807, 2.05) is 23.1 Å². The summed E-state index contributed by atoms with van der Waals surface area (Å²) in [5, 5.41) is 2.89. The Morgan fingerprint density at radius 2 is 1.86 bits per heavy atom. The number of pyridine rings is 1. The number of nitrogens with one attached hydrogen (secondary N) is 1. The third-order valence-corrected chi connectivity index (χ3v) is 4.64. The molecule has 2 heterocycles. The van der Waals surface area contributed by atoms with Gasteiger partial charge in [-0.3, -0.25) is 14.6 Å². The average Bonchev–Trinajstić information content (AvgIpc) is 3.37. The van der Waals surface area contributed by atoms with Crippen LogP contribution in [0.1, 0.15) is 44.2 Å². The van der Waals surface area contributed by atoms with E-state index in [9.17, 15) is 9.59 Å². The maximum Gasteiger partial charge on any atom is 0.238 e. The first kappa shape index (κ1) is 15.0. The number of carbonyl (C=O) groups excluding carboxylic acids is 2. The highest BCUT2D eigenvalue weighted by Crippen LogP contribution is 2.47. The fourth-order valence-corrected chi connectivity index (χ4v) is 3.08. The number of carbonyl (C=O) groups is 2. The quantitative estimate of drug-likeness (QED) is 0.864. The second-order valence-corrected chi connectivity index (χ2v) is 6.29. The molecule has 1 aliphatic heterocycles. The zero-order valence-electron chi connectivity index (χ0n) is 12.9. The molecular weight excluding hydrogens is 278 g/mol. The van der Waals surface area contributed by atoms with E-state index in [1.54, 1.807) is 6.20 Å². The van der Waals surface area contributed by atoms with Crippen LogP contribution in [0.2, 0.25) is 0 Å². The Balaban J connectivity index is 1.60. The maximum absolute atomic E-state index is 12.7. The van der Waals surface area contributed by atoms with Gasteiger partial charge in [0.1, 0.15) is 5.41 Å². The van der Waals surface area contributed by atoms with Gasteiger partial charge >= 0.3 is 0 Å². The smallest absolute Gasteiger partial charge is 0.238 e. The highest BCUT2D eigenvalue weighted by molar-refractivity contribution is 6.07. The Bertz CT molecular complexity index is 532. The lowest BCUT2D eigenvalue weighted by Gasteiger charge is -2.25. The number of hydrogen-bond acceptors (Lipinski definition) is 3. The molecule has 1 saturated heterocycles. The van der Waals surface area contributed by atoms with Crippen molar-refractivity contribution in [3.05, 3.63) is 30.1 Å². The number of nitrogens with zero attached hydrogens (tertiary/aromatic N) is 2. The molecular formula is C17H23N3O2. The molecule has 2 fully saturated rings. The van der Waals surface area contributed by atoms with Crippen molar-refractivity contribution in [3.8, 4) is 0 Å². The maximum atomic E-state index is 12.7. The van der Waals surface area contributed by atoms with Crippen molar-refractivity contribution in [3.63, 3.8) is 0 Å². The topological polar surface area (TPSA) is 62.3 Å². The zero-order chi connectivity index (χ0) is 15.4. The predicted octanol–water partition coefficient (Wildman–Crippen LogP) is 1.88. The number of rotatable bonds is 4. The lowest BCUT2D eigenvalue weighted by molar-refractivity contribution is -0.144. The summed E-state index contributed by atoms with van der Waals surface area (Å²) in [6, 6.07) is 5.61. The predicted molar refractivity (Wildman–Crippen MR) is 82.8 cm³/mol. The van der Waals surface area contributed by atoms with Crippen LogP contribution < -0.4 is 5.32 Å². The molecule has 2 aliphatic rings. The summed E-state index contributed by atoms with van der Waals surface area (Å²) in [6.45, 7) is 1.98. The molecule has 0 bridgehead atoms. The standard InChI is InChI=1S/C17H23N3O2/c21-15(19-13-14-7-3-4-10-18-14)17(8-9-17)16(22)20-11-5-1-2-6-12-20/h3-4,7,10H,1-2,5-6,8-9,11-13H2,(H,19,21). The lowest BCUT2D eigenvalue weighted by atomic mass is 10.0. The fraction of sp³-hybridized carbons (Fsp3) is 0.588. The van der Waals surface area contributed by atoms with Gasteiger partial charge in [0.15, 0.2) is 0 Å². The third kappa shape index (κ3) is 3.13. The number of hydrogen-bond donors (Lipinski definition) is 1. The van der Waals surface area contributed by atoms with Crippen molar-refractivity contribution < 1.29 is 9.59 Å². The molecule has 5 nitrogen and oxygen atoms in total. The van der Waals surface area contributed by atoms with E-state index in [2.05, 4.69) is 10.3 Å². The third-order valence-electron chi connectivity index (χ3n) is 4.64. The molecule has 0 atom stereocenters. The van der Waals surface area contributed by atoms with Crippen molar-refractivity contribution in [2.75, 3.05) is 13.1 Å². The Kier molecular flexibility index (Phi) is 4.41. The van der Waals surface area contributed by atoms with Gasteiger partial charge in [-0.25, -0.2) is 0 Å². The number of amides is 2. The fourth-order valence-electron chi connectivity index (χ4n) is 3.08. The van der Waals surface area contributed by atoms with Crippen LogP contribution in [0.25, 0.3) is 0 Å². The molecule has 3 rings (SSSR count). The van der Waals surface area contributed by atoms with Crippen LogP contribution in [0.15, 0.2) is 24.4 Å². The molecule has 0 spiro atoms. The molecule has 1 aromatic rings. The minimum absolute atomic E-state index is 0.0351. The Labute approximate surface area is 131 Å². The Morgan fingerprint density at radius 3 is 2.45 bits per heavy atom. The molecule has 1 N–H and O–H groups in total. The van der Waals surface area contributed by atoms with E-state index in [0.717, 1.165) is 31.6 Å². The Morgan fingerprint density at radius 1 is 1.14 bits per heavy atom. The van der Waals surface area contributed by atoms with Crippen molar-refractivity contribution in [1.29, 1.82) is 0 Å². The van der Waals surface area contributed by atoms with E-state index in [-0.39, 0.29) is 11.8 Å². The van der Waals surface area contributed by atoms with Crippen LogP contribution in [-0.4, -0.2) is 34.8 Å². The van der Waals surface area contributed by atoms with Crippen LogP contribution in [0, 0.1) is 5.41 Å². The minimum Gasteiger partial charge on any atom is -0.350 e. The van der Waals surface area contributed by atoms with E-state index < -0.39 is 5.41 Å². The van der Waals surface area contributed by atoms with Crippen LogP contribution in [-0.2, 0) is 16.1 Å². The first-order valence-electron chi connectivity index (χ1n) is 8.20. The molecule has 1 aliphatic carbocycles. The highest BCUT2D eigenvalue weighted by atomic mass is 16.2. The summed E-state index contributed by atoms with van der Waals surface area (Å²) in [4.78, 5) is 31.3. The van der Waals surface area contributed by atoms with Crippen LogP contribution >= 0.6 is 0 Å². The minimum atomic E-state index is -0.793. The van der Waals surface area contributed by atoms with Gasteiger partial charge in [-0.05, 0) is 37.8 Å². The van der Waals surface area contributed by atoms with Crippen LogP contribution in [0.3, 0.4) is 0 Å². The van der Waals surface area contributed by atoms with Gasteiger partial charge in [0.25, 0.3) is 0 Å². The van der Waals surface area contributed by atoms with E-state index >= 15 is 0 Å². The highest BCUT2D eigenvalue weighted by Gasteiger charge is 2.57. The van der Waals surface area contributed by atoms with E-state index in [0.29, 0.717) is 19.4 Å². The first-order chi connectivity index (χ1) is 10.7. The molecule has 5 heteroatoms. The molecule has 22 heavy (non-hydrogen) atoms. The van der Waals surface area contributed by atoms with Gasteiger partial charge in [0, 0.05) is 19.3 Å². The molecule has 1 aromatic heterocycles.